The van der Waals surface area contributed by atoms with Gasteiger partial charge >= 0.3 is 0 Å². The summed E-state index contributed by atoms with van der Waals surface area (Å²) in [6.45, 7) is 4.31. The van der Waals surface area contributed by atoms with Crippen molar-refractivity contribution in [2.24, 2.45) is 5.92 Å². The van der Waals surface area contributed by atoms with Crippen molar-refractivity contribution in [2.75, 3.05) is 0 Å². The molecule has 0 heterocycles. The predicted molar refractivity (Wildman–Crippen MR) is 63.8 cm³/mol. The Bertz CT molecular complexity index is 302. The summed E-state index contributed by atoms with van der Waals surface area (Å²) >= 11 is 5.91. The second-order valence-electron chi connectivity index (χ2n) is 3.67. The van der Waals surface area contributed by atoms with Crippen LogP contribution in [0, 0.1) is 5.92 Å². The van der Waals surface area contributed by atoms with Gasteiger partial charge in [-0.05, 0) is 43.4 Å². The van der Waals surface area contributed by atoms with Gasteiger partial charge in [0, 0.05) is 5.02 Å². The Morgan fingerprint density at radius 2 is 2.21 bits per heavy atom. The minimum absolute atomic E-state index is 0.652. The first-order chi connectivity index (χ1) is 6.72. The Morgan fingerprint density at radius 1 is 1.43 bits per heavy atom. The fourth-order valence-corrected chi connectivity index (χ4v) is 1.72. The molecule has 14 heavy (non-hydrogen) atoms. The van der Waals surface area contributed by atoms with Crippen LogP contribution in [-0.4, -0.2) is 0 Å². The maximum absolute atomic E-state index is 5.91. The maximum Gasteiger partial charge on any atom is 0.0408 e. The summed E-state index contributed by atoms with van der Waals surface area (Å²) in [7, 11) is 0. The number of hydrogen-bond acceptors (Lipinski definition) is 0. The third-order valence-electron chi connectivity index (χ3n) is 2.30. The molecule has 1 rings (SSSR count). The van der Waals surface area contributed by atoms with Gasteiger partial charge in [-0.1, -0.05) is 42.8 Å². The summed E-state index contributed by atoms with van der Waals surface area (Å²) in [4.78, 5) is 0. The molecule has 1 aromatic rings. The van der Waals surface area contributed by atoms with Gasteiger partial charge in [0.1, 0.15) is 0 Å². The molecule has 0 amide bonds. The highest BCUT2D eigenvalue weighted by molar-refractivity contribution is 6.30. The van der Waals surface area contributed by atoms with Crippen LogP contribution in [0.4, 0.5) is 0 Å². The summed E-state index contributed by atoms with van der Waals surface area (Å²) in [6, 6.07) is 8.11. The van der Waals surface area contributed by atoms with Crippen molar-refractivity contribution in [1.29, 1.82) is 0 Å². The van der Waals surface area contributed by atoms with E-state index in [1.807, 2.05) is 18.2 Å². The van der Waals surface area contributed by atoms with Gasteiger partial charge in [0.25, 0.3) is 0 Å². The number of halogens is 1. The molecule has 0 aromatic heterocycles. The molecule has 0 aliphatic carbocycles. The number of hydrogen-bond donors (Lipinski definition) is 0. The Hall–Kier alpha value is -0.750. The number of allylic oxidation sites excluding steroid dienone is 2. The molecule has 0 saturated heterocycles. The highest BCUT2D eigenvalue weighted by atomic mass is 35.5. The Kier molecular flexibility index (Phi) is 4.75. The summed E-state index contributed by atoms with van der Waals surface area (Å²) in [5.74, 6) is 0.652. The van der Waals surface area contributed by atoms with Gasteiger partial charge in [-0.25, -0.2) is 0 Å². The van der Waals surface area contributed by atoms with Gasteiger partial charge in [0.05, 0.1) is 0 Å². The Labute approximate surface area is 91.6 Å². The second kappa shape index (κ2) is 5.87. The summed E-state index contributed by atoms with van der Waals surface area (Å²) in [5, 5.41) is 0.834. The molecule has 0 aliphatic rings. The van der Waals surface area contributed by atoms with Crippen LogP contribution in [0.2, 0.25) is 5.02 Å². The van der Waals surface area contributed by atoms with Crippen LogP contribution in [0.1, 0.15) is 25.8 Å². The van der Waals surface area contributed by atoms with Gasteiger partial charge in [-0.2, -0.15) is 0 Å². The van der Waals surface area contributed by atoms with E-state index in [1.165, 1.54) is 12.0 Å². The Morgan fingerprint density at radius 3 is 2.86 bits per heavy atom. The van der Waals surface area contributed by atoms with Gasteiger partial charge < -0.3 is 0 Å². The van der Waals surface area contributed by atoms with Crippen LogP contribution in [0.15, 0.2) is 36.4 Å². The zero-order valence-electron chi connectivity index (χ0n) is 8.83. The van der Waals surface area contributed by atoms with Crippen molar-refractivity contribution in [2.45, 2.75) is 26.7 Å². The molecule has 0 bridgehead atoms. The van der Waals surface area contributed by atoms with Gasteiger partial charge in [0.2, 0.25) is 0 Å². The summed E-state index contributed by atoms with van der Waals surface area (Å²) < 4.78 is 0. The molecule has 0 fully saturated rings. The molecule has 0 spiro atoms. The lowest BCUT2D eigenvalue weighted by molar-refractivity contribution is 0.647. The van der Waals surface area contributed by atoms with Crippen molar-refractivity contribution in [3.63, 3.8) is 0 Å². The lowest BCUT2D eigenvalue weighted by Gasteiger charge is -2.06. The van der Waals surface area contributed by atoms with Crippen molar-refractivity contribution < 1.29 is 0 Å². The van der Waals surface area contributed by atoms with Crippen LogP contribution in [-0.2, 0) is 6.42 Å². The van der Waals surface area contributed by atoms with Gasteiger partial charge in [0.15, 0.2) is 0 Å². The van der Waals surface area contributed by atoms with E-state index in [2.05, 4.69) is 32.1 Å². The fourth-order valence-electron chi connectivity index (χ4n) is 1.51. The zero-order valence-corrected chi connectivity index (χ0v) is 9.59. The third-order valence-corrected chi connectivity index (χ3v) is 2.53. The molecule has 1 heteroatoms. The topological polar surface area (TPSA) is 0 Å². The molecule has 0 N–H and O–H groups in total. The minimum atomic E-state index is 0.652. The molecular weight excluding hydrogens is 192 g/mol. The lowest BCUT2D eigenvalue weighted by Crippen LogP contribution is -1.93. The highest BCUT2D eigenvalue weighted by Crippen LogP contribution is 2.15. The van der Waals surface area contributed by atoms with Crippen LogP contribution < -0.4 is 0 Å². The standard InChI is InChI=1S/C13H17Cl/c1-3-5-11(2)8-9-12-6-4-7-13(14)10-12/h3-7,10-11H,8-9H2,1-2H3/b5-3-. The van der Waals surface area contributed by atoms with E-state index in [4.69, 9.17) is 11.6 Å². The van der Waals surface area contributed by atoms with Gasteiger partial charge in [-0.15, -0.1) is 0 Å². The normalized spacial score (nSPS) is 13.4. The second-order valence-corrected chi connectivity index (χ2v) is 4.11. The van der Waals surface area contributed by atoms with Crippen LogP contribution in [0.3, 0.4) is 0 Å². The van der Waals surface area contributed by atoms with Crippen molar-refractivity contribution in [1.82, 2.24) is 0 Å². The first-order valence-electron chi connectivity index (χ1n) is 5.09. The number of rotatable bonds is 4. The molecular formula is C13H17Cl. The number of aryl methyl sites for hydroxylation is 1. The average molecular weight is 209 g/mol. The summed E-state index contributed by atoms with van der Waals surface area (Å²) in [6.07, 6.45) is 6.64. The number of benzene rings is 1. The third kappa shape index (κ3) is 3.97. The smallest absolute Gasteiger partial charge is 0.0408 e. The van der Waals surface area contributed by atoms with Crippen LogP contribution >= 0.6 is 11.6 Å². The van der Waals surface area contributed by atoms with Crippen LogP contribution in [0.5, 0.6) is 0 Å². The maximum atomic E-state index is 5.91. The summed E-state index contributed by atoms with van der Waals surface area (Å²) in [5.41, 5.74) is 1.33. The largest absolute Gasteiger partial charge is 0.0914 e. The van der Waals surface area contributed by atoms with Crippen LogP contribution in [0.25, 0.3) is 0 Å². The quantitative estimate of drug-likeness (QED) is 0.640. The molecule has 0 saturated carbocycles. The predicted octanol–water partition coefficient (Wildman–Crippen LogP) is 4.48. The van der Waals surface area contributed by atoms with E-state index < -0.39 is 0 Å². The zero-order chi connectivity index (χ0) is 10.4. The molecule has 0 aliphatic heterocycles. The van der Waals surface area contributed by atoms with E-state index in [0.29, 0.717) is 5.92 Å². The molecule has 1 unspecified atom stereocenters. The average Bonchev–Trinajstić information content (AvgIpc) is 2.15. The van der Waals surface area contributed by atoms with E-state index in [-0.39, 0.29) is 0 Å². The monoisotopic (exact) mass is 208 g/mol. The Balaban J connectivity index is 2.45. The van der Waals surface area contributed by atoms with Crippen molar-refractivity contribution in [3.05, 3.63) is 47.0 Å². The highest BCUT2D eigenvalue weighted by Gasteiger charge is 1.98. The first-order valence-corrected chi connectivity index (χ1v) is 5.47. The molecule has 0 radical (unpaired) electrons. The van der Waals surface area contributed by atoms with Gasteiger partial charge in [-0.3, -0.25) is 0 Å². The molecule has 1 atom stereocenters. The van der Waals surface area contributed by atoms with E-state index >= 15 is 0 Å². The van der Waals surface area contributed by atoms with Crippen molar-refractivity contribution in [3.8, 4) is 0 Å². The first kappa shape index (κ1) is 11.3. The van der Waals surface area contributed by atoms with E-state index in [1.54, 1.807) is 0 Å². The SMILES string of the molecule is C/C=C\C(C)CCc1cccc(Cl)c1. The molecule has 76 valence electrons. The van der Waals surface area contributed by atoms with E-state index in [0.717, 1.165) is 11.4 Å². The molecule has 0 nitrogen and oxygen atoms in total. The minimum Gasteiger partial charge on any atom is -0.0914 e. The lowest BCUT2D eigenvalue weighted by atomic mass is 10.0. The van der Waals surface area contributed by atoms with E-state index in [9.17, 15) is 0 Å². The molecule has 1 aromatic carbocycles. The van der Waals surface area contributed by atoms with Crippen molar-refractivity contribution >= 4 is 11.6 Å². The fraction of sp³-hybridized carbons (Fsp3) is 0.385.